The topological polar surface area (TPSA) is 114 Å². The monoisotopic (exact) mass is 777 g/mol. The number of hydrogen-bond acceptors (Lipinski definition) is 6. The van der Waals surface area contributed by atoms with Crippen LogP contribution in [0.25, 0.3) is 0 Å². The Labute approximate surface area is 306 Å². The van der Waals surface area contributed by atoms with Gasteiger partial charge in [0.25, 0.3) is 5.91 Å². The van der Waals surface area contributed by atoms with Gasteiger partial charge in [0.15, 0.2) is 0 Å². The number of alkyl halides is 2. The summed E-state index contributed by atoms with van der Waals surface area (Å²) in [5.41, 5.74) is -3.18. The molecule has 0 saturated heterocycles. The van der Waals surface area contributed by atoms with E-state index in [0.29, 0.717) is 22.7 Å². The smallest absolute Gasteiger partial charge is 0.424 e. The Morgan fingerprint density at radius 3 is 1.88 bits per heavy atom. The van der Waals surface area contributed by atoms with Crippen molar-refractivity contribution in [1.82, 2.24) is 0 Å². The summed E-state index contributed by atoms with van der Waals surface area (Å²) in [4.78, 5) is 52.4. The van der Waals surface area contributed by atoms with Gasteiger partial charge < -0.3 is 20.1 Å². The van der Waals surface area contributed by atoms with E-state index in [9.17, 15) is 19.2 Å². The second-order valence-electron chi connectivity index (χ2n) is 13.0. The van der Waals surface area contributed by atoms with Crippen molar-refractivity contribution in [3.63, 3.8) is 0 Å². The fraction of sp³-hybridized carbons (Fsp3) is 0.333. The average Bonchev–Trinajstić information content (AvgIpc) is 3.53. The third kappa shape index (κ3) is 9.07. The van der Waals surface area contributed by atoms with E-state index in [1.54, 1.807) is 18.2 Å². The number of nitrogens with one attached hydrogen (secondary N) is 2. The molecule has 0 heterocycles. The van der Waals surface area contributed by atoms with Crippen molar-refractivity contribution in [3.05, 3.63) is 86.4 Å². The molecule has 3 aromatic carbocycles. The van der Waals surface area contributed by atoms with Gasteiger partial charge in [-0.05, 0) is 77.4 Å². The van der Waals surface area contributed by atoms with Crippen molar-refractivity contribution in [2.24, 2.45) is 5.92 Å². The highest BCUT2D eigenvalue weighted by atomic mass is 35.5. The zero-order valence-electron chi connectivity index (χ0n) is 26.8. The predicted molar refractivity (Wildman–Crippen MR) is 186 cm³/mol. The minimum absolute atomic E-state index is 0.0850. The van der Waals surface area contributed by atoms with Crippen molar-refractivity contribution in [3.8, 4) is 0 Å². The first-order chi connectivity index (χ1) is 22.5. The third-order valence-electron chi connectivity index (χ3n) is 6.80. The number of carbonyl (C=O) groups excluding carboxylic acids is 4. The summed E-state index contributed by atoms with van der Waals surface area (Å²) in [5, 5.41) is 5.33. The number of carbonyl (C=O) groups is 4. The standard InChI is InChI=1S/C33H30Cl5F2N3O6/c1-31(2,3)48-29(46)43(30(47)49-32(4,5)6)24-14-21(39)23(13-22(24)40)42-27(44)17-12-16(8-10-18(17)34)41-28(45)26-25(33(26,37)38)15-7-9-19(35)20(36)11-15/h7-14,25-26H,1-6H3,(H,41,45)(H,42,44)/t25-,26?/m0/s1. The van der Waals surface area contributed by atoms with Gasteiger partial charge in [-0.15, -0.1) is 23.2 Å². The molecule has 49 heavy (non-hydrogen) atoms. The summed E-state index contributed by atoms with van der Waals surface area (Å²) < 4.78 is 39.8. The molecular weight excluding hydrogens is 750 g/mol. The number of amides is 4. The van der Waals surface area contributed by atoms with Crippen LogP contribution in [-0.2, 0) is 14.3 Å². The Balaban J connectivity index is 1.55. The minimum atomic E-state index is -1.45. The number of halogens is 7. The molecule has 4 amide bonds. The maximum Gasteiger partial charge on any atom is 0.424 e. The van der Waals surface area contributed by atoms with Crippen LogP contribution in [0.3, 0.4) is 0 Å². The lowest BCUT2D eigenvalue weighted by Gasteiger charge is -2.29. The second kappa shape index (κ2) is 14.1. The van der Waals surface area contributed by atoms with Crippen LogP contribution in [0.15, 0.2) is 48.5 Å². The number of hydrogen-bond donors (Lipinski definition) is 2. The Bertz CT molecular complexity index is 1820. The Hall–Kier alpha value is -3.35. The first-order valence-corrected chi connectivity index (χ1v) is 16.4. The van der Waals surface area contributed by atoms with Crippen LogP contribution in [0, 0.1) is 17.6 Å². The van der Waals surface area contributed by atoms with Gasteiger partial charge in [-0.1, -0.05) is 40.9 Å². The van der Waals surface area contributed by atoms with E-state index >= 15 is 8.78 Å². The van der Waals surface area contributed by atoms with Gasteiger partial charge in [0, 0.05) is 23.7 Å². The third-order valence-corrected chi connectivity index (χ3v) is 8.80. The molecule has 2 N–H and O–H groups in total. The quantitative estimate of drug-likeness (QED) is 0.241. The zero-order chi connectivity index (χ0) is 36.8. The summed E-state index contributed by atoms with van der Waals surface area (Å²) in [6.45, 7) is 9.10. The fourth-order valence-electron chi connectivity index (χ4n) is 4.65. The first-order valence-electron chi connectivity index (χ1n) is 14.5. The number of nitrogens with zero attached hydrogens (tertiary/aromatic N) is 1. The van der Waals surface area contributed by atoms with Gasteiger partial charge in [-0.3, -0.25) is 9.59 Å². The van der Waals surface area contributed by atoms with Crippen molar-refractivity contribution in [2.75, 3.05) is 15.5 Å². The van der Waals surface area contributed by atoms with Crippen LogP contribution < -0.4 is 15.5 Å². The van der Waals surface area contributed by atoms with Crippen molar-refractivity contribution in [2.45, 2.75) is 63.0 Å². The molecule has 1 aliphatic carbocycles. The molecule has 4 rings (SSSR count). The average molecular weight is 780 g/mol. The summed E-state index contributed by atoms with van der Waals surface area (Å²) in [7, 11) is 0. The molecule has 262 valence electrons. The summed E-state index contributed by atoms with van der Waals surface area (Å²) in [6.07, 6.45) is -2.64. The summed E-state index contributed by atoms with van der Waals surface area (Å²) >= 11 is 31.2. The van der Waals surface area contributed by atoms with E-state index < -0.39 is 74.4 Å². The van der Waals surface area contributed by atoms with E-state index in [-0.39, 0.29) is 26.2 Å². The number of ether oxygens (including phenoxy) is 2. The Morgan fingerprint density at radius 1 is 0.755 bits per heavy atom. The van der Waals surface area contributed by atoms with Gasteiger partial charge >= 0.3 is 12.2 Å². The van der Waals surface area contributed by atoms with E-state index in [1.165, 1.54) is 59.7 Å². The number of rotatable bonds is 6. The molecule has 0 spiro atoms. The molecule has 1 saturated carbocycles. The van der Waals surface area contributed by atoms with Gasteiger partial charge in [0.2, 0.25) is 5.91 Å². The normalized spacial score (nSPS) is 16.8. The highest BCUT2D eigenvalue weighted by molar-refractivity contribution is 6.53. The zero-order valence-corrected chi connectivity index (χ0v) is 30.6. The molecular formula is C33H30Cl5F2N3O6. The molecule has 0 aromatic heterocycles. The molecule has 2 atom stereocenters. The van der Waals surface area contributed by atoms with E-state index in [2.05, 4.69) is 10.6 Å². The van der Waals surface area contributed by atoms with E-state index in [1.807, 2.05) is 0 Å². The van der Waals surface area contributed by atoms with E-state index in [4.69, 9.17) is 67.5 Å². The molecule has 0 aliphatic heterocycles. The lowest BCUT2D eigenvalue weighted by molar-refractivity contribution is -0.117. The van der Waals surface area contributed by atoms with Crippen LogP contribution >= 0.6 is 58.0 Å². The first kappa shape index (κ1) is 38.5. The van der Waals surface area contributed by atoms with Gasteiger partial charge in [-0.2, -0.15) is 4.90 Å². The summed E-state index contributed by atoms with van der Waals surface area (Å²) in [6, 6.07) is 9.80. The largest absolute Gasteiger partial charge is 0.443 e. The molecule has 9 nitrogen and oxygen atoms in total. The molecule has 0 bridgehead atoms. The molecule has 0 radical (unpaired) electrons. The number of anilines is 3. The molecule has 3 aromatic rings. The van der Waals surface area contributed by atoms with Crippen molar-refractivity contribution >= 4 is 99.1 Å². The van der Waals surface area contributed by atoms with Gasteiger partial charge in [0.05, 0.1) is 37.9 Å². The minimum Gasteiger partial charge on any atom is -0.443 e. The van der Waals surface area contributed by atoms with Crippen LogP contribution in [-0.4, -0.2) is 39.5 Å². The fourth-order valence-corrected chi connectivity index (χ4v) is 5.99. The summed E-state index contributed by atoms with van der Waals surface area (Å²) in [5.74, 6) is -5.54. The molecule has 1 aliphatic rings. The Morgan fingerprint density at radius 2 is 1.33 bits per heavy atom. The maximum atomic E-state index is 15.5. The second-order valence-corrected chi connectivity index (χ2v) is 15.7. The number of imide groups is 1. The van der Waals surface area contributed by atoms with Gasteiger partial charge in [-0.25, -0.2) is 18.4 Å². The van der Waals surface area contributed by atoms with Crippen molar-refractivity contribution < 1.29 is 37.4 Å². The van der Waals surface area contributed by atoms with Crippen LogP contribution in [0.1, 0.15) is 63.4 Å². The Kier molecular flexibility index (Phi) is 11.1. The molecule has 1 unspecified atom stereocenters. The molecule has 16 heteroatoms. The van der Waals surface area contributed by atoms with E-state index in [0.717, 1.165) is 0 Å². The maximum absolute atomic E-state index is 15.5. The SMILES string of the molecule is CC(C)(C)OC(=O)N(C(=O)OC(C)(C)C)c1cc(F)c(NC(=O)c2cc(NC(=O)C3[C@H](c4ccc(Cl)c(Cl)c4)C3(Cl)Cl)ccc2Cl)cc1F. The highest BCUT2D eigenvalue weighted by Gasteiger charge is 2.67. The van der Waals surface area contributed by atoms with Crippen LogP contribution in [0.2, 0.25) is 15.1 Å². The van der Waals surface area contributed by atoms with Crippen LogP contribution in [0.5, 0.6) is 0 Å². The van der Waals surface area contributed by atoms with Gasteiger partial charge in [0.1, 0.15) is 27.2 Å². The van der Waals surface area contributed by atoms with Crippen LogP contribution in [0.4, 0.5) is 35.4 Å². The molecule has 1 fully saturated rings. The number of benzene rings is 3. The lowest BCUT2D eigenvalue weighted by atomic mass is 10.1. The lowest BCUT2D eigenvalue weighted by Crippen LogP contribution is -2.44. The highest BCUT2D eigenvalue weighted by Crippen LogP contribution is 2.65. The predicted octanol–water partition coefficient (Wildman–Crippen LogP) is 10.4. The van der Waals surface area contributed by atoms with Crippen molar-refractivity contribution in [1.29, 1.82) is 0 Å².